The Bertz CT molecular complexity index is 1090. The number of nitrogen functional groups attached to an aromatic ring is 2. The highest BCUT2D eigenvalue weighted by atomic mass is 19.1. The Kier molecular flexibility index (Phi) is 3.62. The molecule has 25 heavy (non-hydrogen) atoms. The van der Waals surface area contributed by atoms with Gasteiger partial charge in [0, 0.05) is 22.1 Å². The zero-order valence-electron chi connectivity index (χ0n) is 13.5. The summed E-state index contributed by atoms with van der Waals surface area (Å²) in [7, 11) is 0. The number of hydrogen-bond donors (Lipinski definition) is 2. The van der Waals surface area contributed by atoms with Crippen molar-refractivity contribution in [2.24, 2.45) is 0 Å². The zero-order chi connectivity index (χ0) is 17.4. The van der Waals surface area contributed by atoms with Crippen LogP contribution in [0.15, 0.2) is 78.9 Å². The first-order chi connectivity index (χ1) is 12.1. The van der Waals surface area contributed by atoms with Gasteiger partial charge in [-0.25, -0.2) is 4.39 Å². The molecule has 0 fully saturated rings. The summed E-state index contributed by atoms with van der Waals surface area (Å²) in [5.74, 6) is -0.178. The van der Waals surface area contributed by atoms with Gasteiger partial charge in [0.25, 0.3) is 0 Å². The SMILES string of the molecule is Fc1ccccc1.Nc1ccc2ccc3c(N)ccc4ccc1c2c43. The van der Waals surface area contributed by atoms with Crippen molar-refractivity contribution >= 4 is 43.7 Å². The molecule has 4 N–H and O–H groups in total. The zero-order valence-corrected chi connectivity index (χ0v) is 13.5. The number of benzene rings is 5. The average molecular weight is 328 g/mol. The van der Waals surface area contributed by atoms with Crippen LogP contribution in [0.1, 0.15) is 0 Å². The summed E-state index contributed by atoms with van der Waals surface area (Å²) >= 11 is 0. The second-order valence-electron chi connectivity index (χ2n) is 6.03. The van der Waals surface area contributed by atoms with E-state index in [1.54, 1.807) is 18.2 Å². The van der Waals surface area contributed by atoms with E-state index in [-0.39, 0.29) is 5.82 Å². The van der Waals surface area contributed by atoms with Crippen molar-refractivity contribution in [1.82, 2.24) is 0 Å². The van der Waals surface area contributed by atoms with E-state index in [0.29, 0.717) is 0 Å². The van der Waals surface area contributed by atoms with Crippen LogP contribution in [-0.4, -0.2) is 0 Å². The lowest BCUT2D eigenvalue weighted by Crippen LogP contribution is -1.92. The molecular formula is C22H17FN2. The van der Waals surface area contributed by atoms with Crippen LogP contribution in [0.4, 0.5) is 15.8 Å². The summed E-state index contributed by atoms with van der Waals surface area (Å²) < 4.78 is 11.9. The summed E-state index contributed by atoms with van der Waals surface area (Å²) in [5, 5.41) is 7.08. The fraction of sp³-hybridized carbons (Fsp3) is 0. The Balaban J connectivity index is 0.000000190. The van der Waals surface area contributed by atoms with Crippen LogP contribution < -0.4 is 11.5 Å². The van der Waals surface area contributed by atoms with Crippen LogP contribution >= 0.6 is 0 Å². The first kappa shape index (κ1) is 15.2. The molecule has 0 saturated carbocycles. The predicted octanol–water partition coefficient (Wildman–Crippen LogP) is 5.57. The molecule has 0 aromatic heterocycles. The Labute approximate surface area is 144 Å². The van der Waals surface area contributed by atoms with Gasteiger partial charge in [-0.1, -0.05) is 54.6 Å². The van der Waals surface area contributed by atoms with Crippen molar-refractivity contribution in [3.8, 4) is 0 Å². The van der Waals surface area contributed by atoms with Crippen molar-refractivity contribution in [3.05, 3.63) is 84.7 Å². The van der Waals surface area contributed by atoms with E-state index in [9.17, 15) is 4.39 Å². The summed E-state index contributed by atoms with van der Waals surface area (Å²) in [6, 6.07) is 24.4. The molecule has 0 spiro atoms. The number of rotatable bonds is 0. The minimum Gasteiger partial charge on any atom is -0.398 e. The van der Waals surface area contributed by atoms with Crippen molar-refractivity contribution < 1.29 is 4.39 Å². The van der Waals surface area contributed by atoms with Gasteiger partial charge in [0.05, 0.1) is 0 Å². The van der Waals surface area contributed by atoms with Gasteiger partial charge in [-0.15, -0.1) is 0 Å². The maximum absolute atomic E-state index is 11.9. The molecule has 0 radical (unpaired) electrons. The van der Waals surface area contributed by atoms with E-state index in [1.165, 1.54) is 33.7 Å². The molecular weight excluding hydrogens is 311 g/mol. The summed E-state index contributed by atoms with van der Waals surface area (Å²) in [5.41, 5.74) is 13.8. The molecule has 2 nitrogen and oxygen atoms in total. The average Bonchev–Trinajstić information content (AvgIpc) is 2.64. The molecule has 122 valence electrons. The largest absolute Gasteiger partial charge is 0.398 e. The number of anilines is 2. The molecule has 0 atom stereocenters. The van der Waals surface area contributed by atoms with Gasteiger partial charge in [-0.2, -0.15) is 0 Å². The van der Waals surface area contributed by atoms with Crippen LogP contribution in [0.3, 0.4) is 0 Å². The van der Waals surface area contributed by atoms with Gasteiger partial charge in [-0.3, -0.25) is 0 Å². The molecule has 0 heterocycles. The quantitative estimate of drug-likeness (QED) is 0.288. The predicted molar refractivity (Wildman–Crippen MR) is 105 cm³/mol. The Morgan fingerprint density at radius 2 is 0.960 bits per heavy atom. The van der Waals surface area contributed by atoms with E-state index >= 15 is 0 Å². The molecule has 0 aliphatic carbocycles. The molecule has 0 unspecified atom stereocenters. The molecule has 5 aromatic rings. The Morgan fingerprint density at radius 3 is 1.36 bits per heavy atom. The molecule has 0 bridgehead atoms. The van der Waals surface area contributed by atoms with Crippen LogP contribution in [0.25, 0.3) is 32.3 Å². The highest BCUT2D eigenvalue weighted by Crippen LogP contribution is 2.38. The lowest BCUT2D eigenvalue weighted by molar-refractivity contribution is 0.628. The van der Waals surface area contributed by atoms with Crippen LogP contribution in [0.5, 0.6) is 0 Å². The molecule has 0 saturated heterocycles. The third kappa shape index (κ3) is 2.60. The molecule has 0 amide bonds. The number of hydrogen-bond acceptors (Lipinski definition) is 2. The molecule has 5 aromatic carbocycles. The van der Waals surface area contributed by atoms with Crippen LogP contribution in [0, 0.1) is 5.82 Å². The summed E-state index contributed by atoms with van der Waals surface area (Å²) in [6.07, 6.45) is 0. The van der Waals surface area contributed by atoms with Gasteiger partial charge in [0.15, 0.2) is 0 Å². The maximum Gasteiger partial charge on any atom is 0.123 e. The fourth-order valence-electron chi connectivity index (χ4n) is 3.26. The Morgan fingerprint density at radius 1 is 0.520 bits per heavy atom. The number of halogens is 1. The highest BCUT2D eigenvalue weighted by Gasteiger charge is 2.10. The maximum atomic E-state index is 11.9. The monoisotopic (exact) mass is 328 g/mol. The molecule has 3 heteroatoms. The minimum atomic E-state index is -0.178. The third-order valence-corrected chi connectivity index (χ3v) is 4.47. The normalized spacial score (nSPS) is 10.9. The van der Waals surface area contributed by atoms with Gasteiger partial charge in [0.1, 0.15) is 5.82 Å². The van der Waals surface area contributed by atoms with Crippen LogP contribution in [0.2, 0.25) is 0 Å². The van der Waals surface area contributed by atoms with Crippen molar-refractivity contribution in [2.75, 3.05) is 11.5 Å². The van der Waals surface area contributed by atoms with E-state index in [0.717, 1.165) is 22.1 Å². The minimum absolute atomic E-state index is 0.178. The molecule has 5 rings (SSSR count). The standard InChI is InChI=1S/C16H12N2.C6H5F/c17-13-8-4-10-2-6-12-14(18)7-3-9-1-5-11(13)16(10)15(9)12;7-6-4-2-1-3-5-6/h1-8H,17-18H2;1-5H. The summed E-state index contributed by atoms with van der Waals surface area (Å²) in [6.45, 7) is 0. The van der Waals surface area contributed by atoms with E-state index in [4.69, 9.17) is 11.5 Å². The van der Waals surface area contributed by atoms with E-state index in [1.807, 2.05) is 12.1 Å². The van der Waals surface area contributed by atoms with Crippen LogP contribution in [-0.2, 0) is 0 Å². The van der Waals surface area contributed by atoms with Crippen molar-refractivity contribution in [3.63, 3.8) is 0 Å². The fourth-order valence-corrected chi connectivity index (χ4v) is 3.26. The lowest BCUT2D eigenvalue weighted by atomic mass is 9.93. The highest BCUT2D eigenvalue weighted by molar-refractivity contribution is 6.26. The topological polar surface area (TPSA) is 52.0 Å². The van der Waals surface area contributed by atoms with E-state index < -0.39 is 0 Å². The van der Waals surface area contributed by atoms with E-state index in [2.05, 4.69) is 36.4 Å². The second-order valence-corrected chi connectivity index (χ2v) is 6.03. The van der Waals surface area contributed by atoms with Gasteiger partial charge >= 0.3 is 0 Å². The smallest absolute Gasteiger partial charge is 0.123 e. The van der Waals surface area contributed by atoms with Gasteiger partial charge < -0.3 is 11.5 Å². The second kappa shape index (κ2) is 5.95. The lowest BCUT2D eigenvalue weighted by Gasteiger charge is -2.13. The molecule has 0 aliphatic heterocycles. The molecule has 0 aliphatic rings. The Hall–Kier alpha value is -3.33. The van der Waals surface area contributed by atoms with Crippen molar-refractivity contribution in [1.29, 1.82) is 0 Å². The third-order valence-electron chi connectivity index (χ3n) is 4.47. The first-order valence-electron chi connectivity index (χ1n) is 8.07. The number of nitrogens with two attached hydrogens (primary N) is 2. The van der Waals surface area contributed by atoms with Gasteiger partial charge in [-0.05, 0) is 45.8 Å². The van der Waals surface area contributed by atoms with Gasteiger partial charge in [0.2, 0.25) is 0 Å². The van der Waals surface area contributed by atoms with Crippen molar-refractivity contribution in [2.45, 2.75) is 0 Å². The first-order valence-corrected chi connectivity index (χ1v) is 8.07. The summed E-state index contributed by atoms with van der Waals surface area (Å²) in [4.78, 5) is 0.